The Labute approximate surface area is 90.8 Å². The van der Waals surface area contributed by atoms with E-state index in [9.17, 15) is 9.50 Å². The van der Waals surface area contributed by atoms with Gasteiger partial charge in [0, 0.05) is 0 Å². The number of hydrogen-bond acceptors (Lipinski definition) is 2. The zero-order valence-electron chi connectivity index (χ0n) is 7.84. The van der Waals surface area contributed by atoms with Crippen molar-refractivity contribution in [1.29, 1.82) is 0 Å². The number of halogens is 2. The van der Waals surface area contributed by atoms with E-state index in [0.29, 0.717) is 16.6 Å². The third kappa shape index (κ3) is 3.27. The predicted molar refractivity (Wildman–Crippen MR) is 55.9 cm³/mol. The van der Waals surface area contributed by atoms with Crippen LogP contribution in [0.3, 0.4) is 0 Å². The van der Waals surface area contributed by atoms with Gasteiger partial charge in [-0.2, -0.15) is 0 Å². The Kier molecular flexibility index (Phi) is 4.35. The fourth-order valence-electron chi connectivity index (χ4n) is 0.896. The standard InChI is InChI=1S/C10H12BrFO2/c1-2-8(13)6-14-10-4-3-7(12)5-9(10)11/h3-5,8,13H,2,6H2,1H3. The Morgan fingerprint density at radius 3 is 2.86 bits per heavy atom. The molecular weight excluding hydrogens is 251 g/mol. The summed E-state index contributed by atoms with van der Waals surface area (Å²) >= 11 is 3.17. The van der Waals surface area contributed by atoms with Gasteiger partial charge in [-0.25, -0.2) is 4.39 Å². The summed E-state index contributed by atoms with van der Waals surface area (Å²) in [7, 11) is 0. The van der Waals surface area contributed by atoms with Gasteiger partial charge < -0.3 is 9.84 Å². The molecule has 0 radical (unpaired) electrons. The van der Waals surface area contributed by atoms with E-state index < -0.39 is 6.10 Å². The third-order valence-electron chi connectivity index (χ3n) is 1.80. The molecular formula is C10H12BrFO2. The lowest BCUT2D eigenvalue weighted by molar-refractivity contribution is 0.104. The van der Waals surface area contributed by atoms with Crippen molar-refractivity contribution in [2.24, 2.45) is 0 Å². The van der Waals surface area contributed by atoms with Crippen molar-refractivity contribution >= 4 is 15.9 Å². The van der Waals surface area contributed by atoms with Crippen LogP contribution in [0.15, 0.2) is 22.7 Å². The molecule has 0 saturated heterocycles. The SMILES string of the molecule is CCC(O)COc1ccc(F)cc1Br. The average Bonchev–Trinajstić information content (AvgIpc) is 2.16. The molecule has 0 bridgehead atoms. The maximum atomic E-state index is 12.7. The van der Waals surface area contributed by atoms with Gasteiger partial charge in [-0.15, -0.1) is 0 Å². The lowest BCUT2D eigenvalue weighted by Gasteiger charge is -2.11. The summed E-state index contributed by atoms with van der Waals surface area (Å²) in [6.45, 7) is 2.09. The van der Waals surface area contributed by atoms with E-state index in [2.05, 4.69) is 15.9 Å². The molecule has 78 valence electrons. The maximum absolute atomic E-state index is 12.7. The molecule has 14 heavy (non-hydrogen) atoms. The molecule has 0 aliphatic rings. The molecule has 2 nitrogen and oxygen atoms in total. The lowest BCUT2D eigenvalue weighted by atomic mass is 10.3. The Morgan fingerprint density at radius 1 is 1.57 bits per heavy atom. The fourth-order valence-corrected chi connectivity index (χ4v) is 1.36. The minimum absolute atomic E-state index is 0.223. The first-order valence-electron chi connectivity index (χ1n) is 4.39. The Morgan fingerprint density at radius 2 is 2.29 bits per heavy atom. The number of benzene rings is 1. The zero-order valence-corrected chi connectivity index (χ0v) is 9.42. The quantitative estimate of drug-likeness (QED) is 0.905. The first-order chi connectivity index (χ1) is 6.63. The Hall–Kier alpha value is -0.610. The molecule has 4 heteroatoms. The minimum Gasteiger partial charge on any atom is -0.490 e. The highest BCUT2D eigenvalue weighted by atomic mass is 79.9. The van der Waals surface area contributed by atoms with Crippen LogP contribution in [-0.2, 0) is 0 Å². The van der Waals surface area contributed by atoms with Gasteiger partial charge in [-0.05, 0) is 40.5 Å². The molecule has 0 aliphatic carbocycles. The number of aliphatic hydroxyl groups is 1. The number of rotatable bonds is 4. The van der Waals surface area contributed by atoms with Gasteiger partial charge in [0.15, 0.2) is 0 Å². The second-order valence-corrected chi connectivity index (χ2v) is 3.80. The fraction of sp³-hybridized carbons (Fsp3) is 0.400. The van der Waals surface area contributed by atoms with Crippen molar-refractivity contribution in [1.82, 2.24) is 0 Å². The van der Waals surface area contributed by atoms with Gasteiger partial charge in [0.05, 0.1) is 10.6 Å². The van der Waals surface area contributed by atoms with Gasteiger partial charge >= 0.3 is 0 Å². The second-order valence-electron chi connectivity index (χ2n) is 2.95. The minimum atomic E-state index is -0.480. The van der Waals surface area contributed by atoms with Gasteiger partial charge in [-0.3, -0.25) is 0 Å². The van der Waals surface area contributed by atoms with Gasteiger partial charge in [0.25, 0.3) is 0 Å². The molecule has 0 aromatic heterocycles. The van der Waals surface area contributed by atoms with Crippen LogP contribution in [0, 0.1) is 5.82 Å². The van der Waals surface area contributed by atoms with Crippen LogP contribution < -0.4 is 4.74 Å². The summed E-state index contributed by atoms with van der Waals surface area (Å²) in [6.07, 6.45) is 0.158. The van der Waals surface area contributed by atoms with E-state index in [1.165, 1.54) is 18.2 Å². The molecule has 0 spiro atoms. The number of ether oxygens (including phenoxy) is 1. The van der Waals surface area contributed by atoms with Gasteiger partial charge in [0.1, 0.15) is 18.2 Å². The van der Waals surface area contributed by atoms with Crippen molar-refractivity contribution in [3.8, 4) is 5.75 Å². The van der Waals surface area contributed by atoms with Crippen LogP contribution in [-0.4, -0.2) is 17.8 Å². The van der Waals surface area contributed by atoms with Crippen LogP contribution in [0.4, 0.5) is 4.39 Å². The Balaban J connectivity index is 2.59. The van der Waals surface area contributed by atoms with Crippen molar-refractivity contribution < 1.29 is 14.2 Å². The van der Waals surface area contributed by atoms with Crippen molar-refractivity contribution in [2.75, 3.05) is 6.61 Å². The highest BCUT2D eigenvalue weighted by Crippen LogP contribution is 2.25. The van der Waals surface area contributed by atoms with Crippen molar-refractivity contribution in [2.45, 2.75) is 19.4 Å². The summed E-state index contributed by atoms with van der Waals surface area (Å²) in [5.74, 6) is 0.221. The largest absolute Gasteiger partial charge is 0.490 e. The summed E-state index contributed by atoms with van der Waals surface area (Å²) in [4.78, 5) is 0. The molecule has 0 saturated carbocycles. The monoisotopic (exact) mass is 262 g/mol. The molecule has 1 atom stereocenters. The van der Waals surface area contributed by atoms with E-state index in [1.54, 1.807) is 0 Å². The molecule has 1 rings (SSSR count). The molecule has 0 fully saturated rings. The highest BCUT2D eigenvalue weighted by Gasteiger charge is 2.05. The topological polar surface area (TPSA) is 29.5 Å². The maximum Gasteiger partial charge on any atom is 0.133 e. The normalized spacial score (nSPS) is 12.6. The summed E-state index contributed by atoms with van der Waals surface area (Å²) < 4.78 is 18.5. The van der Waals surface area contributed by atoms with Crippen LogP contribution in [0.25, 0.3) is 0 Å². The first kappa shape index (κ1) is 11.5. The second kappa shape index (κ2) is 5.32. The molecule has 0 aliphatic heterocycles. The third-order valence-corrected chi connectivity index (χ3v) is 2.42. The van der Waals surface area contributed by atoms with E-state index in [-0.39, 0.29) is 12.4 Å². The van der Waals surface area contributed by atoms with Gasteiger partial charge in [-0.1, -0.05) is 6.92 Å². The van der Waals surface area contributed by atoms with Crippen LogP contribution in [0.5, 0.6) is 5.75 Å². The van der Waals surface area contributed by atoms with Crippen LogP contribution in [0.2, 0.25) is 0 Å². The van der Waals surface area contributed by atoms with E-state index in [4.69, 9.17) is 4.74 Å². The predicted octanol–water partition coefficient (Wildman–Crippen LogP) is 2.74. The molecule has 1 aromatic rings. The molecule has 0 heterocycles. The molecule has 1 N–H and O–H groups in total. The highest BCUT2D eigenvalue weighted by molar-refractivity contribution is 9.10. The number of hydrogen-bond donors (Lipinski definition) is 1. The van der Waals surface area contributed by atoms with E-state index >= 15 is 0 Å². The van der Waals surface area contributed by atoms with Crippen molar-refractivity contribution in [3.05, 3.63) is 28.5 Å². The molecule has 0 amide bonds. The Bertz CT molecular complexity index is 304. The van der Waals surface area contributed by atoms with Gasteiger partial charge in [0.2, 0.25) is 0 Å². The molecule has 1 aromatic carbocycles. The average molecular weight is 263 g/mol. The van der Waals surface area contributed by atoms with Crippen molar-refractivity contribution in [3.63, 3.8) is 0 Å². The smallest absolute Gasteiger partial charge is 0.133 e. The summed E-state index contributed by atoms with van der Waals surface area (Å²) in [5.41, 5.74) is 0. The van der Waals surface area contributed by atoms with Crippen LogP contribution in [0.1, 0.15) is 13.3 Å². The van der Waals surface area contributed by atoms with E-state index in [1.807, 2.05) is 6.92 Å². The summed E-state index contributed by atoms with van der Waals surface area (Å²) in [5, 5.41) is 9.25. The van der Waals surface area contributed by atoms with E-state index in [0.717, 1.165) is 0 Å². The lowest BCUT2D eigenvalue weighted by Crippen LogP contribution is -2.16. The summed E-state index contributed by atoms with van der Waals surface area (Å²) in [6, 6.07) is 4.17. The number of aliphatic hydroxyl groups excluding tert-OH is 1. The first-order valence-corrected chi connectivity index (χ1v) is 5.18. The molecule has 1 unspecified atom stereocenters. The zero-order chi connectivity index (χ0) is 10.6. The van der Waals surface area contributed by atoms with Crippen LogP contribution >= 0.6 is 15.9 Å².